The van der Waals surface area contributed by atoms with E-state index >= 15 is 0 Å². The molecule has 0 saturated heterocycles. The van der Waals surface area contributed by atoms with Crippen molar-refractivity contribution < 1.29 is 28.6 Å². The minimum Gasteiger partial charge on any atom is -0.462 e. The fourth-order valence-electron chi connectivity index (χ4n) is 10.1. The first-order chi connectivity index (χ1) is 40.0. The number of esters is 3. The van der Waals surface area contributed by atoms with Gasteiger partial charge in [0, 0.05) is 19.3 Å². The summed E-state index contributed by atoms with van der Waals surface area (Å²) in [4.78, 5) is 38.4. The van der Waals surface area contributed by atoms with Crippen molar-refractivity contribution in [1.82, 2.24) is 0 Å². The second kappa shape index (κ2) is 69.1. The number of rotatable bonds is 64. The molecule has 0 amide bonds. The van der Waals surface area contributed by atoms with Crippen LogP contribution >= 0.6 is 0 Å². The van der Waals surface area contributed by atoms with Crippen molar-refractivity contribution in [2.45, 2.75) is 361 Å². The van der Waals surface area contributed by atoms with E-state index in [9.17, 15) is 14.4 Å². The van der Waals surface area contributed by atoms with E-state index in [1.165, 1.54) is 212 Å². The summed E-state index contributed by atoms with van der Waals surface area (Å²) < 4.78 is 17.0. The summed E-state index contributed by atoms with van der Waals surface area (Å²) in [6.07, 6.45) is 91.8. The fraction of sp³-hybridized carbons (Fsp3) is 0.773. The Morgan fingerprint density at radius 2 is 0.469 bits per heavy atom. The van der Waals surface area contributed by atoms with Gasteiger partial charge in [0.25, 0.3) is 0 Å². The molecule has 0 saturated carbocycles. The topological polar surface area (TPSA) is 78.9 Å². The first-order valence-corrected chi connectivity index (χ1v) is 35.1. The van der Waals surface area contributed by atoms with E-state index in [4.69, 9.17) is 14.2 Å². The number of unbranched alkanes of at least 4 members (excludes halogenated alkanes) is 39. The Bertz CT molecular complexity index is 1530. The first kappa shape index (κ1) is 77.6. The zero-order valence-electron chi connectivity index (χ0n) is 53.8. The summed E-state index contributed by atoms with van der Waals surface area (Å²) in [5.74, 6) is -0.885. The van der Waals surface area contributed by atoms with E-state index < -0.39 is 6.10 Å². The normalized spacial score (nSPS) is 12.6. The predicted octanol–water partition coefficient (Wildman–Crippen LogP) is 24.2. The third-order valence-electron chi connectivity index (χ3n) is 15.3. The monoisotopic (exact) mass is 1130 g/mol. The average Bonchev–Trinajstić information content (AvgIpc) is 3.46. The van der Waals surface area contributed by atoms with Crippen molar-refractivity contribution in [1.29, 1.82) is 0 Å². The molecule has 6 heteroatoms. The van der Waals surface area contributed by atoms with Crippen molar-refractivity contribution in [2.75, 3.05) is 13.2 Å². The highest BCUT2D eigenvalue weighted by Crippen LogP contribution is 2.17. The van der Waals surface area contributed by atoms with E-state index in [0.29, 0.717) is 19.3 Å². The number of hydrogen-bond donors (Lipinski definition) is 0. The fourth-order valence-corrected chi connectivity index (χ4v) is 10.1. The molecule has 0 aromatic rings. The van der Waals surface area contributed by atoms with Crippen LogP contribution in [0.1, 0.15) is 355 Å². The van der Waals surface area contributed by atoms with Gasteiger partial charge in [0.1, 0.15) is 13.2 Å². The van der Waals surface area contributed by atoms with Crippen LogP contribution in [0.5, 0.6) is 0 Å². The molecule has 1 unspecified atom stereocenters. The van der Waals surface area contributed by atoms with Gasteiger partial charge in [-0.1, -0.05) is 305 Å². The minimum absolute atomic E-state index is 0.0812. The molecule has 0 radical (unpaired) electrons. The maximum atomic E-state index is 12.9. The van der Waals surface area contributed by atoms with Crippen LogP contribution in [0.4, 0.5) is 0 Å². The Morgan fingerprint density at radius 1 is 0.247 bits per heavy atom. The quantitative estimate of drug-likeness (QED) is 0.0261. The van der Waals surface area contributed by atoms with Crippen LogP contribution in [0, 0.1) is 0 Å². The van der Waals surface area contributed by atoms with E-state index in [1.807, 2.05) is 0 Å². The lowest BCUT2D eigenvalue weighted by molar-refractivity contribution is -0.167. The molecule has 0 N–H and O–H groups in total. The van der Waals surface area contributed by atoms with E-state index in [0.717, 1.165) is 103 Å². The van der Waals surface area contributed by atoms with Gasteiger partial charge in [-0.2, -0.15) is 0 Å². The minimum atomic E-state index is -0.786. The largest absolute Gasteiger partial charge is 0.462 e. The highest BCUT2D eigenvalue weighted by atomic mass is 16.6. The van der Waals surface area contributed by atoms with Gasteiger partial charge in [-0.25, -0.2) is 0 Å². The molecule has 468 valence electrons. The van der Waals surface area contributed by atoms with Crippen LogP contribution in [0.2, 0.25) is 0 Å². The Balaban J connectivity index is 4.26. The number of hydrogen-bond acceptors (Lipinski definition) is 6. The van der Waals surface area contributed by atoms with Crippen LogP contribution in [-0.4, -0.2) is 37.2 Å². The van der Waals surface area contributed by atoms with Gasteiger partial charge in [-0.05, 0) is 116 Å². The van der Waals surface area contributed by atoms with Crippen molar-refractivity contribution >= 4 is 17.9 Å². The highest BCUT2D eigenvalue weighted by Gasteiger charge is 2.19. The van der Waals surface area contributed by atoms with Gasteiger partial charge in [0.05, 0.1) is 0 Å². The summed E-state index contributed by atoms with van der Waals surface area (Å²) in [5, 5.41) is 0. The number of allylic oxidation sites excluding steroid dienone is 14. The molecule has 0 spiro atoms. The standard InChI is InChI=1S/C75H132O6/c1-4-7-10-13-16-19-22-25-27-29-31-33-34-35-36-37-38-39-40-42-43-45-47-50-53-56-59-62-65-68-74(77)80-71-72(70-79-73(76)67-64-61-58-55-52-49-24-21-18-15-12-9-6-3)81-75(78)69-66-63-60-57-54-51-48-46-44-41-32-30-28-26-23-20-17-14-11-8-5-2/h12,15,21-26,29-32,34-35,72H,4-11,13-14,16-20,27-28,33,36-71H2,1-3H3/b15-12-,24-21-,25-22-,26-23-,31-29-,32-30-,35-34-. The molecule has 0 aliphatic carbocycles. The first-order valence-electron chi connectivity index (χ1n) is 35.1. The predicted molar refractivity (Wildman–Crippen MR) is 353 cm³/mol. The molecule has 0 aromatic heterocycles. The van der Waals surface area contributed by atoms with E-state index in [1.54, 1.807) is 0 Å². The van der Waals surface area contributed by atoms with Crippen LogP contribution in [-0.2, 0) is 28.6 Å². The lowest BCUT2D eigenvalue weighted by Crippen LogP contribution is -2.30. The Kier molecular flexibility index (Phi) is 66.2. The van der Waals surface area contributed by atoms with Gasteiger partial charge in [0.15, 0.2) is 6.10 Å². The average molecular weight is 1130 g/mol. The summed E-state index contributed by atoms with van der Waals surface area (Å²) in [6, 6.07) is 0. The summed E-state index contributed by atoms with van der Waals surface area (Å²) in [5.41, 5.74) is 0. The third kappa shape index (κ3) is 67.3. The molecule has 6 nitrogen and oxygen atoms in total. The molecule has 1 atom stereocenters. The van der Waals surface area contributed by atoms with E-state index in [-0.39, 0.29) is 31.1 Å². The lowest BCUT2D eigenvalue weighted by atomic mass is 10.0. The van der Waals surface area contributed by atoms with E-state index in [2.05, 4.69) is 106 Å². The molecule has 0 fully saturated rings. The second-order valence-electron chi connectivity index (χ2n) is 23.4. The third-order valence-corrected chi connectivity index (χ3v) is 15.3. The van der Waals surface area contributed by atoms with Crippen LogP contribution < -0.4 is 0 Å². The van der Waals surface area contributed by atoms with Crippen molar-refractivity contribution in [2.24, 2.45) is 0 Å². The Labute approximate surface area is 503 Å². The maximum absolute atomic E-state index is 12.9. The molecule has 0 heterocycles. The smallest absolute Gasteiger partial charge is 0.306 e. The molecule has 0 aromatic carbocycles. The molecular weight excluding hydrogens is 997 g/mol. The number of ether oxygens (including phenoxy) is 3. The summed E-state index contributed by atoms with van der Waals surface area (Å²) in [7, 11) is 0. The van der Waals surface area contributed by atoms with Gasteiger partial charge in [0.2, 0.25) is 0 Å². The van der Waals surface area contributed by atoms with Crippen molar-refractivity contribution in [3.05, 3.63) is 85.1 Å². The highest BCUT2D eigenvalue weighted by molar-refractivity contribution is 5.71. The van der Waals surface area contributed by atoms with Crippen molar-refractivity contribution in [3.63, 3.8) is 0 Å². The van der Waals surface area contributed by atoms with Crippen molar-refractivity contribution in [3.8, 4) is 0 Å². The molecule has 0 bridgehead atoms. The molecule has 81 heavy (non-hydrogen) atoms. The molecule has 0 rings (SSSR count). The maximum Gasteiger partial charge on any atom is 0.306 e. The SMILES string of the molecule is CCC/C=C\C/C=C\CCCCCCCC(=O)OCC(COC(=O)CCCCCCCCCCCCCCCC/C=C\C/C=C\C/C=C\CCCCCCC)OC(=O)CCCCCCCCCCC/C=C\C/C=C\CCCCCCC. The Morgan fingerprint density at radius 3 is 0.741 bits per heavy atom. The molecule has 0 aliphatic rings. The number of carbonyl (C=O) groups is 3. The summed E-state index contributed by atoms with van der Waals surface area (Å²) in [6.45, 7) is 6.58. The molecule has 0 aliphatic heterocycles. The van der Waals surface area contributed by atoms with Crippen LogP contribution in [0.3, 0.4) is 0 Å². The molecular formula is C75H132O6. The summed E-state index contributed by atoms with van der Waals surface area (Å²) >= 11 is 0. The zero-order chi connectivity index (χ0) is 58.5. The van der Waals surface area contributed by atoms with Gasteiger partial charge in [-0.3, -0.25) is 14.4 Å². The van der Waals surface area contributed by atoms with Gasteiger partial charge < -0.3 is 14.2 Å². The Hall–Kier alpha value is -3.41. The number of carbonyl (C=O) groups excluding carboxylic acids is 3. The lowest BCUT2D eigenvalue weighted by Gasteiger charge is -2.18. The second-order valence-corrected chi connectivity index (χ2v) is 23.4. The van der Waals surface area contributed by atoms with Crippen LogP contribution in [0.25, 0.3) is 0 Å². The van der Waals surface area contributed by atoms with Crippen LogP contribution in [0.15, 0.2) is 85.1 Å². The van der Waals surface area contributed by atoms with Gasteiger partial charge in [-0.15, -0.1) is 0 Å². The van der Waals surface area contributed by atoms with Gasteiger partial charge >= 0.3 is 17.9 Å². The zero-order valence-corrected chi connectivity index (χ0v) is 53.8.